The molecule has 1 aliphatic rings. The van der Waals surface area contributed by atoms with Gasteiger partial charge in [-0.15, -0.1) is 0 Å². The topological polar surface area (TPSA) is 79.3 Å². The van der Waals surface area contributed by atoms with Gasteiger partial charge in [-0.2, -0.15) is 5.10 Å². The molecule has 6 heteroatoms. The first-order chi connectivity index (χ1) is 9.99. The Balaban J connectivity index is 1.89. The van der Waals surface area contributed by atoms with Gasteiger partial charge in [-0.25, -0.2) is 14.3 Å². The summed E-state index contributed by atoms with van der Waals surface area (Å²) in [5.41, 5.74) is 0.563. The molecule has 21 heavy (non-hydrogen) atoms. The molecule has 0 radical (unpaired) electrons. The molecule has 3 rings (SSSR count). The first-order valence-corrected chi connectivity index (χ1v) is 7.36. The van der Waals surface area contributed by atoms with Gasteiger partial charge in [0.15, 0.2) is 5.65 Å². The van der Waals surface area contributed by atoms with Gasteiger partial charge < -0.3 is 5.32 Å². The molecule has 2 N–H and O–H groups in total. The normalized spacial score (nSPS) is 21.3. The molecule has 1 aliphatic carbocycles. The van der Waals surface area contributed by atoms with E-state index in [9.17, 15) is 9.59 Å². The fourth-order valence-electron chi connectivity index (χ4n) is 3.11. The second-order valence-electron chi connectivity index (χ2n) is 6.40. The summed E-state index contributed by atoms with van der Waals surface area (Å²) >= 11 is 0. The summed E-state index contributed by atoms with van der Waals surface area (Å²) in [4.78, 5) is 24.1. The van der Waals surface area contributed by atoms with Crippen LogP contribution >= 0.6 is 0 Å². The monoisotopic (exact) mass is 288 g/mol. The lowest BCUT2D eigenvalue weighted by Crippen LogP contribution is -2.46. The Kier molecular flexibility index (Phi) is 3.31. The van der Waals surface area contributed by atoms with Gasteiger partial charge in [0, 0.05) is 12.2 Å². The molecule has 1 atom stereocenters. The predicted octanol–water partition coefficient (Wildman–Crippen LogP) is 1.72. The van der Waals surface area contributed by atoms with Gasteiger partial charge in [-0.3, -0.25) is 4.79 Å². The summed E-state index contributed by atoms with van der Waals surface area (Å²) in [6, 6.07) is 3.54. The highest BCUT2D eigenvalue weighted by atomic mass is 16.2. The van der Waals surface area contributed by atoms with Crippen molar-refractivity contribution in [1.82, 2.24) is 19.9 Å². The lowest BCUT2D eigenvalue weighted by molar-refractivity contribution is 0.0854. The maximum absolute atomic E-state index is 12.5. The number of carbonyl (C=O) groups is 1. The summed E-state index contributed by atoms with van der Waals surface area (Å²) in [6.07, 6.45) is 6.06. The first kappa shape index (κ1) is 13.9. The molecule has 0 aliphatic heterocycles. The number of aromatic amines is 1. The number of nitrogens with one attached hydrogen (secondary N) is 2. The second-order valence-corrected chi connectivity index (χ2v) is 6.40. The summed E-state index contributed by atoms with van der Waals surface area (Å²) in [7, 11) is 0. The number of nitrogens with zero attached hydrogens (tertiary/aromatic N) is 2. The number of rotatable bonds is 2. The fraction of sp³-hybridized carbons (Fsp3) is 0.533. The summed E-state index contributed by atoms with van der Waals surface area (Å²) in [5.74, 6) is -0.167. The quantitative estimate of drug-likeness (QED) is 0.883. The van der Waals surface area contributed by atoms with Gasteiger partial charge >= 0.3 is 5.69 Å². The van der Waals surface area contributed by atoms with Crippen LogP contribution in [-0.2, 0) is 0 Å². The summed E-state index contributed by atoms with van der Waals surface area (Å²) in [6.45, 7) is 4.38. The van der Waals surface area contributed by atoms with Gasteiger partial charge in [-0.05, 0) is 30.4 Å². The average Bonchev–Trinajstić information content (AvgIpc) is 2.83. The minimum absolute atomic E-state index is 0.101. The van der Waals surface area contributed by atoms with Crippen LogP contribution in [0.4, 0.5) is 0 Å². The van der Waals surface area contributed by atoms with Crippen LogP contribution < -0.4 is 11.0 Å². The molecule has 0 aromatic carbocycles. The Morgan fingerprint density at radius 1 is 1.48 bits per heavy atom. The molecular weight excluding hydrogens is 268 g/mol. The van der Waals surface area contributed by atoms with Crippen LogP contribution in [0.3, 0.4) is 0 Å². The number of carbonyl (C=O) groups excluding carboxylic acids is 1. The SMILES string of the molecule is CC1(C)CCCCC1NC(=O)c1cccn2c(=O)[nH]nc12. The van der Waals surface area contributed by atoms with Crippen LogP contribution in [0.2, 0.25) is 0 Å². The van der Waals surface area contributed by atoms with Crippen molar-refractivity contribution in [3.63, 3.8) is 0 Å². The van der Waals surface area contributed by atoms with Crippen molar-refractivity contribution in [3.05, 3.63) is 34.4 Å². The van der Waals surface area contributed by atoms with Crippen molar-refractivity contribution in [3.8, 4) is 0 Å². The number of amides is 1. The van der Waals surface area contributed by atoms with Gasteiger partial charge in [0.25, 0.3) is 5.91 Å². The van der Waals surface area contributed by atoms with Gasteiger partial charge in [0.1, 0.15) is 0 Å². The zero-order chi connectivity index (χ0) is 15.0. The number of aromatic nitrogens is 3. The summed E-state index contributed by atoms with van der Waals surface area (Å²) in [5, 5.41) is 9.42. The Morgan fingerprint density at radius 2 is 2.29 bits per heavy atom. The van der Waals surface area contributed by atoms with Crippen molar-refractivity contribution < 1.29 is 4.79 Å². The molecule has 1 amide bonds. The van der Waals surface area contributed by atoms with Gasteiger partial charge in [0.05, 0.1) is 5.56 Å². The number of H-pyrrole nitrogens is 1. The number of hydrogen-bond acceptors (Lipinski definition) is 3. The molecule has 1 unspecified atom stereocenters. The molecule has 1 fully saturated rings. The Hall–Kier alpha value is -2.11. The smallest absolute Gasteiger partial charge is 0.347 e. The third-order valence-electron chi connectivity index (χ3n) is 4.50. The molecular formula is C15H20N4O2. The van der Waals surface area contributed by atoms with Crippen molar-refractivity contribution in [1.29, 1.82) is 0 Å². The van der Waals surface area contributed by atoms with Gasteiger partial charge in [-0.1, -0.05) is 26.7 Å². The first-order valence-electron chi connectivity index (χ1n) is 7.36. The van der Waals surface area contributed by atoms with E-state index >= 15 is 0 Å². The third-order valence-corrected chi connectivity index (χ3v) is 4.50. The minimum atomic E-state index is -0.336. The molecule has 0 saturated heterocycles. The van der Waals surface area contributed by atoms with Crippen molar-refractivity contribution in [2.45, 2.75) is 45.6 Å². The van der Waals surface area contributed by atoms with Crippen molar-refractivity contribution >= 4 is 11.6 Å². The van der Waals surface area contributed by atoms with E-state index in [0.29, 0.717) is 11.2 Å². The fourth-order valence-corrected chi connectivity index (χ4v) is 3.11. The summed E-state index contributed by atoms with van der Waals surface area (Å²) < 4.78 is 1.35. The lowest BCUT2D eigenvalue weighted by Gasteiger charge is -2.39. The van der Waals surface area contributed by atoms with Crippen molar-refractivity contribution in [2.24, 2.45) is 5.41 Å². The highest BCUT2D eigenvalue weighted by molar-refractivity contribution is 5.99. The van der Waals surface area contributed by atoms with Crippen LogP contribution in [0.25, 0.3) is 5.65 Å². The maximum atomic E-state index is 12.5. The van der Waals surface area contributed by atoms with Crippen LogP contribution in [0.5, 0.6) is 0 Å². The van der Waals surface area contributed by atoms with Crippen molar-refractivity contribution in [2.75, 3.05) is 0 Å². The molecule has 6 nitrogen and oxygen atoms in total. The van der Waals surface area contributed by atoms with Crippen LogP contribution in [0, 0.1) is 5.41 Å². The van der Waals surface area contributed by atoms with E-state index in [2.05, 4.69) is 29.4 Å². The Bertz CT molecular complexity index is 729. The molecule has 112 valence electrons. The molecule has 2 aromatic rings. The molecule has 0 spiro atoms. The maximum Gasteiger partial charge on any atom is 0.347 e. The zero-order valence-corrected chi connectivity index (χ0v) is 12.3. The average molecular weight is 288 g/mol. The lowest BCUT2D eigenvalue weighted by atomic mass is 9.73. The highest BCUT2D eigenvalue weighted by Gasteiger charge is 2.33. The molecule has 1 saturated carbocycles. The van der Waals surface area contributed by atoms with E-state index in [1.165, 1.54) is 10.8 Å². The Morgan fingerprint density at radius 3 is 3.05 bits per heavy atom. The number of hydrogen-bond donors (Lipinski definition) is 2. The van der Waals surface area contributed by atoms with Crippen LogP contribution in [0.15, 0.2) is 23.1 Å². The third kappa shape index (κ3) is 2.46. The second kappa shape index (κ2) is 5.02. The van der Waals surface area contributed by atoms with E-state index in [1.807, 2.05) is 0 Å². The van der Waals surface area contributed by atoms with E-state index < -0.39 is 0 Å². The van der Waals surface area contributed by atoms with E-state index in [0.717, 1.165) is 19.3 Å². The van der Waals surface area contributed by atoms with E-state index in [4.69, 9.17) is 0 Å². The van der Waals surface area contributed by atoms with Gasteiger partial charge in [0.2, 0.25) is 0 Å². The zero-order valence-electron chi connectivity index (χ0n) is 12.3. The van der Waals surface area contributed by atoms with Crippen LogP contribution in [0.1, 0.15) is 49.9 Å². The standard InChI is InChI=1S/C15H20N4O2/c1-15(2)8-4-3-7-11(15)16-13(20)10-6-5-9-19-12(10)17-18-14(19)21/h5-6,9,11H,3-4,7-8H2,1-2H3,(H,16,20)(H,18,21). The van der Waals surface area contributed by atoms with Crippen LogP contribution in [-0.4, -0.2) is 26.5 Å². The number of fused-ring (bicyclic) bond motifs is 1. The van der Waals surface area contributed by atoms with E-state index in [-0.39, 0.29) is 23.1 Å². The molecule has 0 bridgehead atoms. The minimum Gasteiger partial charge on any atom is -0.349 e. The Labute approximate surface area is 122 Å². The molecule has 2 heterocycles. The highest BCUT2D eigenvalue weighted by Crippen LogP contribution is 2.35. The number of pyridine rings is 1. The largest absolute Gasteiger partial charge is 0.349 e. The predicted molar refractivity (Wildman–Crippen MR) is 79.3 cm³/mol. The van der Waals surface area contributed by atoms with E-state index in [1.54, 1.807) is 18.3 Å². The molecule has 2 aromatic heterocycles.